The summed E-state index contributed by atoms with van der Waals surface area (Å²) in [6.07, 6.45) is 1.29. The normalized spacial score (nSPS) is 16.0. The Morgan fingerprint density at radius 3 is 2.81 bits per heavy atom. The van der Waals surface area contributed by atoms with Gasteiger partial charge in [-0.15, -0.1) is 11.3 Å². The lowest BCUT2D eigenvalue weighted by molar-refractivity contribution is 0.0696. The number of hydrogen-bond acceptors (Lipinski definition) is 7. The van der Waals surface area contributed by atoms with Crippen LogP contribution in [0.5, 0.6) is 0 Å². The fourth-order valence-corrected chi connectivity index (χ4v) is 3.99. The highest BCUT2D eigenvalue weighted by Gasteiger charge is 2.42. The maximum atomic E-state index is 12.2. The molecule has 2 aromatic heterocycles. The minimum absolute atomic E-state index is 0.00573. The molecule has 21 heavy (non-hydrogen) atoms. The van der Waals surface area contributed by atoms with E-state index in [0.717, 1.165) is 11.3 Å². The van der Waals surface area contributed by atoms with Crippen molar-refractivity contribution in [2.75, 3.05) is 0 Å². The number of thiazole rings is 1. The summed E-state index contributed by atoms with van der Waals surface area (Å²) in [7, 11) is -4.01. The third-order valence-electron chi connectivity index (χ3n) is 2.80. The molecule has 0 bridgehead atoms. The number of rotatable bonds is 3. The van der Waals surface area contributed by atoms with Gasteiger partial charge in [-0.2, -0.15) is 8.42 Å². The molecule has 0 aromatic carbocycles. The summed E-state index contributed by atoms with van der Waals surface area (Å²) in [5, 5.41) is 9.75. The zero-order valence-electron chi connectivity index (χ0n) is 10.3. The number of carbonyl (C=O) groups is 2. The highest BCUT2D eigenvalue weighted by molar-refractivity contribution is 7.90. The first-order chi connectivity index (χ1) is 9.91. The van der Waals surface area contributed by atoms with Crippen molar-refractivity contribution in [1.82, 2.24) is 14.3 Å². The monoisotopic (exact) mass is 325 g/mol. The first-order valence-corrected chi connectivity index (χ1v) is 7.93. The topological polar surface area (TPSA) is 118 Å². The number of aromatic nitrogens is 2. The van der Waals surface area contributed by atoms with E-state index in [2.05, 4.69) is 9.97 Å². The third-order valence-corrected chi connectivity index (χ3v) is 5.37. The molecule has 0 aliphatic carbocycles. The number of aromatic carboxylic acids is 1. The predicted octanol–water partition coefficient (Wildman–Crippen LogP) is 0.581. The number of pyridine rings is 1. The molecule has 0 atom stereocenters. The summed E-state index contributed by atoms with van der Waals surface area (Å²) >= 11 is 0.867. The van der Waals surface area contributed by atoms with E-state index in [9.17, 15) is 18.0 Å². The second-order valence-corrected chi connectivity index (χ2v) is 6.76. The van der Waals surface area contributed by atoms with Crippen LogP contribution in [0.15, 0.2) is 28.7 Å². The molecule has 1 amide bonds. The quantitative estimate of drug-likeness (QED) is 0.877. The standard InChI is InChI=1S/C11H7N3O5S2/c15-10-7-2-1-3-12-9(7)21(18,19)14(10)4-6-5-20-8(13-6)11(16)17/h1-3,5H,4H2,(H,16,17). The van der Waals surface area contributed by atoms with Gasteiger partial charge < -0.3 is 5.11 Å². The van der Waals surface area contributed by atoms with Gasteiger partial charge in [0, 0.05) is 11.6 Å². The zero-order valence-corrected chi connectivity index (χ0v) is 11.9. The number of carboxylic acid groups (broad SMARTS) is 1. The van der Waals surface area contributed by atoms with E-state index < -0.39 is 21.9 Å². The molecule has 8 nitrogen and oxygen atoms in total. The van der Waals surface area contributed by atoms with Gasteiger partial charge in [-0.05, 0) is 12.1 Å². The van der Waals surface area contributed by atoms with Crippen LogP contribution in [-0.2, 0) is 16.6 Å². The van der Waals surface area contributed by atoms with Crippen LogP contribution in [0.2, 0.25) is 0 Å². The van der Waals surface area contributed by atoms with Gasteiger partial charge in [0.05, 0.1) is 17.8 Å². The van der Waals surface area contributed by atoms with Gasteiger partial charge in [-0.1, -0.05) is 0 Å². The Morgan fingerprint density at radius 1 is 1.43 bits per heavy atom. The van der Waals surface area contributed by atoms with E-state index in [0.29, 0.717) is 4.31 Å². The average molecular weight is 325 g/mol. The van der Waals surface area contributed by atoms with Crippen molar-refractivity contribution < 1.29 is 23.1 Å². The number of fused-ring (bicyclic) bond motifs is 1. The molecule has 0 saturated carbocycles. The molecule has 0 saturated heterocycles. The maximum Gasteiger partial charge on any atom is 0.365 e. The van der Waals surface area contributed by atoms with Crippen molar-refractivity contribution in [3.8, 4) is 0 Å². The van der Waals surface area contributed by atoms with E-state index >= 15 is 0 Å². The van der Waals surface area contributed by atoms with Gasteiger partial charge in [0.2, 0.25) is 5.01 Å². The summed E-state index contributed by atoms with van der Waals surface area (Å²) in [6.45, 7) is -0.318. The molecule has 10 heteroatoms. The van der Waals surface area contributed by atoms with Gasteiger partial charge in [0.25, 0.3) is 15.9 Å². The van der Waals surface area contributed by atoms with Crippen LogP contribution < -0.4 is 0 Å². The highest BCUT2D eigenvalue weighted by atomic mass is 32.2. The molecular formula is C11H7N3O5S2. The maximum absolute atomic E-state index is 12.2. The summed E-state index contributed by atoms with van der Waals surface area (Å²) in [5.74, 6) is -1.89. The Bertz CT molecular complexity index is 858. The summed E-state index contributed by atoms with van der Waals surface area (Å²) in [4.78, 5) is 30.4. The Kier molecular flexibility index (Phi) is 2.99. The van der Waals surface area contributed by atoms with Crippen molar-refractivity contribution in [3.05, 3.63) is 40.0 Å². The number of carboxylic acids is 1. The number of amides is 1. The SMILES string of the molecule is O=C(O)c1nc(CN2C(=O)c3cccnc3S2(=O)=O)cs1. The number of hydrogen-bond donors (Lipinski definition) is 1. The second-order valence-electron chi connectivity index (χ2n) is 4.12. The molecule has 1 N–H and O–H groups in total. The number of carbonyl (C=O) groups excluding carboxylic acids is 1. The van der Waals surface area contributed by atoms with Crippen LogP contribution >= 0.6 is 11.3 Å². The zero-order chi connectivity index (χ0) is 15.2. The van der Waals surface area contributed by atoms with Gasteiger partial charge in [-0.3, -0.25) is 4.79 Å². The Balaban J connectivity index is 1.97. The Morgan fingerprint density at radius 2 is 2.19 bits per heavy atom. The molecular weight excluding hydrogens is 318 g/mol. The van der Waals surface area contributed by atoms with Crippen LogP contribution in [0.25, 0.3) is 0 Å². The molecule has 2 aromatic rings. The molecule has 0 radical (unpaired) electrons. The molecule has 0 fully saturated rings. The van der Waals surface area contributed by atoms with Gasteiger partial charge in [-0.25, -0.2) is 19.1 Å². The summed E-state index contributed by atoms with van der Waals surface area (Å²) in [6, 6.07) is 2.85. The predicted molar refractivity (Wildman–Crippen MR) is 70.4 cm³/mol. The van der Waals surface area contributed by atoms with Crippen LogP contribution in [0, 0.1) is 0 Å². The average Bonchev–Trinajstić information content (AvgIpc) is 2.98. The largest absolute Gasteiger partial charge is 0.476 e. The van der Waals surface area contributed by atoms with Crippen molar-refractivity contribution in [2.24, 2.45) is 0 Å². The minimum Gasteiger partial charge on any atom is -0.476 e. The molecule has 3 heterocycles. The van der Waals surface area contributed by atoms with Crippen molar-refractivity contribution in [3.63, 3.8) is 0 Å². The lowest BCUT2D eigenvalue weighted by Crippen LogP contribution is -2.29. The molecule has 1 aliphatic heterocycles. The number of sulfonamides is 1. The van der Waals surface area contributed by atoms with Crippen LogP contribution in [-0.4, -0.2) is 39.7 Å². The molecule has 3 rings (SSSR count). The Hall–Kier alpha value is -2.33. The van der Waals surface area contributed by atoms with Gasteiger partial charge in [0.15, 0.2) is 5.03 Å². The fraction of sp³-hybridized carbons (Fsp3) is 0.0909. The smallest absolute Gasteiger partial charge is 0.365 e. The fourth-order valence-electron chi connectivity index (χ4n) is 1.89. The summed E-state index contributed by atoms with van der Waals surface area (Å²) < 4.78 is 25.1. The van der Waals surface area contributed by atoms with Crippen molar-refractivity contribution in [1.29, 1.82) is 0 Å². The lowest BCUT2D eigenvalue weighted by atomic mass is 10.2. The van der Waals surface area contributed by atoms with Crippen LogP contribution in [0.1, 0.15) is 25.9 Å². The van der Waals surface area contributed by atoms with Gasteiger partial charge in [0.1, 0.15) is 0 Å². The third kappa shape index (κ3) is 2.08. The minimum atomic E-state index is -4.01. The molecule has 0 unspecified atom stereocenters. The molecule has 0 spiro atoms. The van der Waals surface area contributed by atoms with Crippen LogP contribution in [0.3, 0.4) is 0 Å². The highest BCUT2D eigenvalue weighted by Crippen LogP contribution is 2.29. The first-order valence-electron chi connectivity index (χ1n) is 5.61. The van der Waals surface area contributed by atoms with E-state index in [4.69, 9.17) is 5.11 Å². The van der Waals surface area contributed by atoms with E-state index in [-0.39, 0.29) is 27.8 Å². The van der Waals surface area contributed by atoms with E-state index in [1.54, 1.807) is 0 Å². The Labute approximate surface area is 122 Å². The van der Waals surface area contributed by atoms with Gasteiger partial charge >= 0.3 is 5.97 Å². The van der Waals surface area contributed by atoms with E-state index in [1.165, 1.54) is 23.7 Å². The lowest BCUT2D eigenvalue weighted by Gasteiger charge is -2.12. The second kappa shape index (κ2) is 4.60. The first kappa shape index (κ1) is 13.6. The molecule has 1 aliphatic rings. The number of nitrogens with zero attached hydrogens (tertiary/aromatic N) is 3. The van der Waals surface area contributed by atoms with Crippen molar-refractivity contribution >= 4 is 33.2 Å². The summed E-state index contributed by atoms with van der Waals surface area (Å²) in [5.41, 5.74) is 0.202. The van der Waals surface area contributed by atoms with Crippen molar-refractivity contribution in [2.45, 2.75) is 11.6 Å². The molecule has 108 valence electrons. The van der Waals surface area contributed by atoms with Crippen LogP contribution in [0.4, 0.5) is 0 Å². The van der Waals surface area contributed by atoms with E-state index in [1.807, 2.05) is 0 Å².